The van der Waals surface area contributed by atoms with Crippen molar-refractivity contribution in [2.45, 2.75) is 12.8 Å². The summed E-state index contributed by atoms with van der Waals surface area (Å²) in [6.07, 6.45) is 1.33. The molecule has 1 aliphatic heterocycles. The first-order valence-electron chi connectivity index (χ1n) is 9.32. The van der Waals surface area contributed by atoms with E-state index in [1.54, 1.807) is 14.2 Å². The van der Waals surface area contributed by atoms with Gasteiger partial charge in [0.05, 0.1) is 25.4 Å². The summed E-state index contributed by atoms with van der Waals surface area (Å²) in [4.78, 5) is 16.6. The molecular weight excluding hydrogens is 412 g/mol. The van der Waals surface area contributed by atoms with Crippen molar-refractivity contribution in [3.63, 3.8) is 0 Å². The predicted molar refractivity (Wildman–Crippen MR) is 111 cm³/mol. The van der Waals surface area contributed by atoms with Crippen LogP contribution in [0.2, 0.25) is 0 Å². The van der Waals surface area contributed by atoms with Gasteiger partial charge >= 0.3 is 0 Å². The Balaban J connectivity index is 1.63. The van der Waals surface area contributed by atoms with Crippen molar-refractivity contribution < 1.29 is 14.3 Å². The van der Waals surface area contributed by atoms with E-state index in [1.807, 2.05) is 12.1 Å². The molecule has 2 N–H and O–H groups in total. The lowest BCUT2D eigenvalue weighted by Crippen LogP contribution is -2.45. The molecule has 0 aromatic heterocycles. The number of nitrogens with zero attached hydrogens (tertiary/aromatic N) is 2. The molecule has 7 nitrogen and oxygen atoms in total. The minimum atomic E-state index is 0.0873. The van der Waals surface area contributed by atoms with Gasteiger partial charge in [0, 0.05) is 45.7 Å². The summed E-state index contributed by atoms with van der Waals surface area (Å²) >= 11 is 3.46. The number of hydrogen-bond acceptors (Lipinski definition) is 6. The number of carbonyl (C=O) groups excluding carboxylic acids is 1. The minimum Gasteiger partial charge on any atom is -0.496 e. The molecule has 1 fully saturated rings. The lowest BCUT2D eigenvalue weighted by atomic mass is 10.1. The maximum atomic E-state index is 12.0. The largest absolute Gasteiger partial charge is 0.496 e. The fraction of sp³-hybridized carbons (Fsp3) is 0.632. The zero-order chi connectivity index (χ0) is 19.6. The van der Waals surface area contributed by atoms with Crippen LogP contribution in [0.1, 0.15) is 12.0 Å². The number of rotatable bonds is 10. The maximum Gasteiger partial charge on any atom is 0.222 e. The van der Waals surface area contributed by atoms with E-state index in [9.17, 15) is 4.79 Å². The van der Waals surface area contributed by atoms with Crippen LogP contribution in [-0.4, -0.2) is 82.9 Å². The van der Waals surface area contributed by atoms with Crippen molar-refractivity contribution in [2.24, 2.45) is 0 Å². The van der Waals surface area contributed by atoms with E-state index in [0.717, 1.165) is 67.2 Å². The molecule has 0 radical (unpaired) electrons. The molecule has 8 heteroatoms. The number of piperazine rings is 1. The van der Waals surface area contributed by atoms with Crippen LogP contribution in [0.4, 0.5) is 0 Å². The van der Waals surface area contributed by atoms with Gasteiger partial charge in [0.25, 0.3) is 0 Å². The number of amides is 1. The standard InChI is InChI=1S/C19H31BrN4O3/c1-23-8-10-24(11-9-23)7-5-19(25)22-14-21-6-4-15-12-18(27-3)16(20)13-17(15)26-2/h12-13,21H,4-11,14H2,1-3H3,(H,22,25). The molecule has 0 unspecified atom stereocenters. The molecule has 1 saturated heterocycles. The summed E-state index contributed by atoms with van der Waals surface area (Å²) in [6.45, 7) is 6.27. The van der Waals surface area contributed by atoms with Gasteiger partial charge < -0.3 is 24.6 Å². The van der Waals surface area contributed by atoms with E-state index in [4.69, 9.17) is 9.47 Å². The van der Waals surface area contributed by atoms with Crippen molar-refractivity contribution in [3.8, 4) is 11.5 Å². The zero-order valence-corrected chi connectivity index (χ0v) is 18.1. The molecule has 1 amide bonds. The molecule has 152 valence electrons. The molecule has 1 aromatic carbocycles. The van der Waals surface area contributed by atoms with Crippen molar-refractivity contribution in [1.82, 2.24) is 20.4 Å². The second-order valence-electron chi connectivity index (χ2n) is 6.72. The highest BCUT2D eigenvalue weighted by atomic mass is 79.9. The van der Waals surface area contributed by atoms with Crippen molar-refractivity contribution in [1.29, 1.82) is 0 Å². The van der Waals surface area contributed by atoms with E-state index in [1.165, 1.54) is 0 Å². The van der Waals surface area contributed by atoms with E-state index in [-0.39, 0.29) is 5.91 Å². The van der Waals surface area contributed by atoms with Gasteiger partial charge in [-0.05, 0) is 47.1 Å². The highest BCUT2D eigenvalue weighted by molar-refractivity contribution is 9.10. The molecule has 1 heterocycles. The van der Waals surface area contributed by atoms with E-state index in [0.29, 0.717) is 13.1 Å². The quantitative estimate of drug-likeness (QED) is 0.420. The predicted octanol–water partition coefficient (Wildman–Crippen LogP) is 1.31. The SMILES string of the molecule is COc1cc(CCNCNC(=O)CCN2CCN(C)CC2)c(OC)cc1Br. The molecule has 0 saturated carbocycles. The first-order chi connectivity index (χ1) is 13.0. The number of likely N-dealkylation sites (N-methyl/N-ethyl adjacent to an activating group) is 1. The molecule has 1 aromatic rings. The normalized spacial score (nSPS) is 15.6. The Morgan fingerprint density at radius 2 is 1.85 bits per heavy atom. The number of benzene rings is 1. The van der Waals surface area contributed by atoms with Crippen LogP contribution in [0.15, 0.2) is 16.6 Å². The number of nitrogens with one attached hydrogen (secondary N) is 2. The second kappa shape index (κ2) is 11.5. The lowest BCUT2D eigenvalue weighted by molar-refractivity contribution is -0.121. The van der Waals surface area contributed by atoms with E-state index in [2.05, 4.69) is 43.4 Å². The average molecular weight is 443 g/mol. The van der Waals surface area contributed by atoms with Gasteiger partial charge in [-0.2, -0.15) is 0 Å². The van der Waals surface area contributed by atoms with E-state index >= 15 is 0 Å². The van der Waals surface area contributed by atoms with Gasteiger partial charge in [0.15, 0.2) is 0 Å². The number of carbonyl (C=O) groups is 1. The van der Waals surface area contributed by atoms with Gasteiger partial charge in [0.2, 0.25) is 5.91 Å². The molecule has 0 bridgehead atoms. The third kappa shape index (κ3) is 7.29. The Bertz CT molecular complexity index is 607. The summed E-state index contributed by atoms with van der Waals surface area (Å²) in [5, 5.41) is 6.18. The van der Waals surface area contributed by atoms with Crippen molar-refractivity contribution >= 4 is 21.8 Å². The molecular formula is C19H31BrN4O3. The van der Waals surface area contributed by atoms with Gasteiger partial charge in [-0.1, -0.05) is 0 Å². The average Bonchev–Trinajstić information content (AvgIpc) is 2.67. The van der Waals surface area contributed by atoms with E-state index < -0.39 is 0 Å². The summed E-state index contributed by atoms with van der Waals surface area (Å²) in [5.74, 6) is 1.69. The Labute approximate surface area is 170 Å². The topological polar surface area (TPSA) is 66.1 Å². The number of halogens is 1. The summed E-state index contributed by atoms with van der Waals surface area (Å²) in [6, 6.07) is 3.88. The highest BCUT2D eigenvalue weighted by Crippen LogP contribution is 2.32. The van der Waals surface area contributed by atoms with Crippen LogP contribution in [0.3, 0.4) is 0 Å². The molecule has 0 spiro atoms. The zero-order valence-electron chi connectivity index (χ0n) is 16.5. The number of ether oxygens (including phenoxy) is 2. The van der Waals surface area contributed by atoms with Crippen LogP contribution in [0.5, 0.6) is 11.5 Å². The minimum absolute atomic E-state index is 0.0873. The first kappa shape index (κ1) is 21.9. The molecule has 27 heavy (non-hydrogen) atoms. The van der Waals surface area contributed by atoms with Gasteiger partial charge in [-0.15, -0.1) is 0 Å². The number of methoxy groups -OCH3 is 2. The Kier molecular flexibility index (Phi) is 9.33. The molecule has 1 aliphatic rings. The van der Waals surface area contributed by atoms with Crippen LogP contribution in [-0.2, 0) is 11.2 Å². The fourth-order valence-corrected chi connectivity index (χ4v) is 3.50. The third-order valence-corrected chi connectivity index (χ3v) is 5.41. The first-order valence-corrected chi connectivity index (χ1v) is 10.1. The van der Waals surface area contributed by atoms with Crippen molar-refractivity contribution in [3.05, 3.63) is 22.2 Å². The lowest BCUT2D eigenvalue weighted by Gasteiger charge is -2.32. The summed E-state index contributed by atoms with van der Waals surface area (Å²) in [7, 11) is 5.44. The van der Waals surface area contributed by atoms with Gasteiger partial charge in [-0.25, -0.2) is 0 Å². The van der Waals surface area contributed by atoms with Crippen LogP contribution >= 0.6 is 15.9 Å². The third-order valence-electron chi connectivity index (χ3n) is 4.79. The molecule has 2 rings (SSSR count). The molecule has 0 aliphatic carbocycles. The monoisotopic (exact) mass is 442 g/mol. The van der Waals surface area contributed by atoms with Crippen molar-refractivity contribution in [2.75, 3.05) is 67.2 Å². The van der Waals surface area contributed by atoms with Crippen LogP contribution < -0.4 is 20.1 Å². The fourth-order valence-electron chi connectivity index (χ4n) is 3.01. The van der Waals surface area contributed by atoms with Gasteiger partial charge in [0.1, 0.15) is 11.5 Å². The van der Waals surface area contributed by atoms with Crippen LogP contribution in [0.25, 0.3) is 0 Å². The second-order valence-corrected chi connectivity index (χ2v) is 7.57. The summed E-state index contributed by atoms with van der Waals surface area (Å²) in [5.41, 5.74) is 1.06. The van der Waals surface area contributed by atoms with Crippen LogP contribution in [0, 0.1) is 0 Å². The van der Waals surface area contributed by atoms with Gasteiger partial charge in [-0.3, -0.25) is 10.1 Å². The Morgan fingerprint density at radius 1 is 1.15 bits per heavy atom. The Morgan fingerprint density at radius 3 is 2.52 bits per heavy atom. The number of hydrogen-bond donors (Lipinski definition) is 2. The smallest absolute Gasteiger partial charge is 0.222 e. The summed E-state index contributed by atoms with van der Waals surface area (Å²) < 4.78 is 11.6. The molecule has 0 atom stereocenters. The maximum absolute atomic E-state index is 12.0. The Hall–Kier alpha value is -1.35. The highest BCUT2D eigenvalue weighted by Gasteiger charge is 2.14.